The van der Waals surface area contributed by atoms with Crippen LogP contribution < -0.4 is 0 Å². The Morgan fingerprint density at radius 1 is 0.382 bits per heavy atom. The lowest BCUT2D eigenvalue weighted by atomic mass is 9.87. The molecule has 0 atom stereocenters. The van der Waals surface area contributed by atoms with Gasteiger partial charge in [0.1, 0.15) is 12.6 Å². The highest BCUT2D eigenvalue weighted by Crippen LogP contribution is 2.41. The Balaban J connectivity index is 1.72. The van der Waals surface area contributed by atoms with E-state index in [9.17, 15) is 9.59 Å². The lowest BCUT2D eigenvalue weighted by molar-refractivity contribution is 0.111. The van der Waals surface area contributed by atoms with Crippen LogP contribution in [-0.4, -0.2) is 12.6 Å². The van der Waals surface area contributed by atoms with Crippen molar-refractivity contribution < 1.29 is 9.59 Å². The average Bonchev–Trinajstić information content (AvgIpc) is 2.92. The number of fused-ring (bicyclic) bond motifs is 5. The van der Waals surface area contributed by atoms with Gasteiger partial charge in [-0.25, -0.2) is 0 Å². The van der Waals surface area contributed by atoms with Gasteiger partial charge in [0.05, 0.1) is 0 Å². The molecule has 34 heavy (non-hydrogen) atoms. The van der Waals surface area contributed by atoms with Crippen LogP contribution in [0.15, 0.2) is 109 Å². The second kappa shape index (κ2) is 8.09. The SMILES string of the molecule is O=Cc1ccc(-c2cc3c4ccccc4c(-c4ccc(C=O)cc4)cc3c3ccccc23)cc1. The summed E-state index contributed by atoms with van der Waals surface area (Å²) in [5, 5.41) is 7.10. The molecule has 2 heteroatoms. The van der Waals surface area contributed by atoms with E-state index in [4.69, 9.17) is 0 Å². The summed E-state index contributed by atoms with van der Waals surface area (Å²) in [5.41, 5.74) is 5.80. The van der Waals surface area contributed by atoms with Crippen molar-refractivity contribution in [3.05, 3.63) is 120 Å². The van der Waals surface area contributed by atoms with Crippen LogP contribution in [0.1, 0.15) is 20.7 Å². The predicted molar refractivity (Wildman–Crippen MR) is 141 cm³/mol. The maximum absolute atomic E-state index is 11.2. The first-order chi connectivity index (χ1) is 16.8. The fourth-order valence-electron chi connectivity index (χ4n) is 4.91. The quantitative estimate of drug-likeness (QED) is 0.207. The van der Waals surface area contributed by atoms with Crippen molar-refractivity contribution in [2.45, 2.75) is 0 Å². The van der Waals surface area contributed by atoms with Crippen LogP contribution in [-0.2, 0) is 0 Å². The molecule has 0 aliphatic heterocycles. The van der Waals surface area contributed by atoms with Gasteiger partial charge in [-0.2, -0.15) is 0 Å². The van der Waals surface area contributed by atoms with Crippen LogP contribution in [0.4, 0.5) is 0 Å². The molecule has 0 aliphatic carbocycles. The van der Waals surface area contributed by atoms with E-state index < -0.39 is 0 Å². The van der Waals surface area contributed by atoms with E-state index in [1.165, 1.54) is 32.3 Å². The summed E-state index contributed by atoms with van der Waals surface area (Å²) in [5.74, 6) is 0. The highest BCUT2D eigenvalue weighted by atomic mass is 16.1. The molecule has 0 N–H and O–H groups in total. The standard InChI is InChI=1S/C32H20O2/c33-19-21-9-13-23(14-10-21)29-17-32-28-8-4-2-6-26(28)30(24-15-11-22(20-34)12-16-24)18-31(32)27-7-3-1-5-25(27)29/h1-20H. The zero-order valence-corrected chi connectivity index (χ0v) is 18.4. The van der Waals surface area contributed by atoms with Gasteiger partial charge in [0.25, 0.3) is 0 Å². The highest BCUT2D eigenvalue weighted by molar-refractivity contribution is 6.23. The minimum absolute atomic E-state index is 0.671. The summed E-state index contributed by atoms with van der Waals surface area (Å²) in [6.45, 7) is 0. The maximum Gasteiger partial charge on any atom is 0.150 e. The number of hydrogen-bond donors (Lipinski definition) is 0. The van der Waals surface area contributed by atoms with Crippen LogP contribution in [0.2, 0.25) is 0 Å². The van der Waals surface area contributed by atoms with E-state index in [-0.39, 0.29) is 0 Å². The first-order valence-corrected chi connectivity index (χ1v) is 11.3. The van der Waals surface area contributed by atoms with Gasteiger partial charge in [-0.15, -0.1) is 0 Å². The van der Waals surface area contributed by atoms with Crippen molar-refractivity contribution in [2.75, 3.05) is 0 Å². The molecule has 0 spiro atoms. The average molecular weight is 437 g/mol. The third kappa shape index (κ3) is 3.20. The van der Waals surface area contributed by atoms with Gasteiger partial charge < -0.3 is 0 Å². The second-order valence-electron chi connectivity index (χ2n) is 8.51. The third-order valence-corrected chi connectivity index (χ3v) is 6.60. The summed E-state index contributed by atoms with van der Waals surface area (Å²) in [6, 6.07) is 37.0. The molecular formula is C32H20O2. The molecule has 0 saturated carbocycles. The molecule has 6 aromatic carbocycles. The largest absolute Gasteiger partial charge is 0.298 e. The number of aldehydes is 2. The zero-order chi connectivity index (χ0) is 23.1. The van der Waals surface area contributed by atoms with Gasteiger partial charge in [-0.3, -0.25) is 9.59 Å². The van der Waals surface area contributed by atoms with Gasteiger partial charge in [-0.1, -0.05) is 97.1 Å². The van der Waals surface area contributed by atoms with Crippen LogP contribution in [0.25, 0.3) is 54.6 Å². The van der Waals surface area contributed by atoms with Crippen molar-refractivity contribution in [3.63, 3.8) is 0 Å². The van der Waals surface area contributed by atoms with E-state index >= 15 is 0 Å². The first-order valence-electron chi connectivity index (χ1n) is 11.3. The summed E-state index contributed by atoms with van der Waals surface area (Å²) < 4.78 is 0. The Morgan fingerprint density at radius 2 is 0.735 bits per heavy atom. The summed E-state index contributed by atoms with van der Waals surface area (Å²) >= 11 is 0. The van der Waals surface area contributed by atoms with E-state index in [2.05, 4.69) is 60.7 Å². The number of hydrogen-bond acceptors (Lipinski definition) is 2. The molecule has 0 bridgehead atoms. The van der Waals surface area contributed by atoms with E-state index in [1.54, 1.807) is 0 Å². The lowest BCUT2D eigenvalue weighted by Gasteiger charge is -2.16. The van der Waals surface area contributed by atoms with E-state index in [1.807, 2.05) is 48.5 Å². The molecule has 6 aromatic rings. The molecule has 0 saturated heterocycles. The minimum Gasteiger partial charge on any atom is -0.298 e. The normalized spacial score (nSPS) is 11.2. The molecule has 2 nitrogen and oxygen atoms in total. The molecule has 0 radical (unpaired) electrons. The molecule has 0 heterocycles. The van der Waals surface area contributed by atoms with Gasteiger partial charge in [0.2, 0.25) is 0 Å². The van der Waals surface area contributed by atoms with Crippen LogP contribution in [0.3, 0.4) is 0 Å². The first kappa shape index (κ1) is 20.1. The Bertz CT molecular complexity index is 1580. The number of benzene rings is 6. The number of carbonyl (C=O) groups excluding carboxylic acids is 2. The van der Waals surface area contributed by atoms with Gasteiger partial charge in [-0.05, 0) is 66.7 Å². The fraction of sp³-hybridized carbons (Fsp3) is 0. The Labute approximate surface area is 197 Å². The Hall–Kier alpha value is -4.56. The molecule has 0 aromatic heterocycles. The smallest absolute Gasteiger partial charge is 0.150 e. The lowest BCUT2D eigenvalue weighted by Crippen LogP contribution is -1.89. The van der Waals surface area contributed by atoms with E-state index in [0.29, 0.717) is 11.1 Å². The molecule has 0 aliphatic rings. The molecule has 0 unspecified atom stereocenters. The second-order valence-corrected chi connectivity index (χ2v) is 8.51. The highest BCUT2D eigenvalue weighted by Gasteiger charge is 2.14. The molecule has 6 rings (SSSR count). The fourth-order valence-corrected chi connectivity index (χ4v) is 4.91. The predicted octanol–water partition coefficient (Wildman–Crippen LogP) is 8.11. The third-order valence-electron chi connectivity index (χ3n) is 6.60. The van der Waals surface area contributed by atoms with Gasteiger partial charge in [0.15, 0.2) is 0 Å². The monoisotopic (exact) mass is 436 g/mol. The molecule has 0 amide bonds. The van der Waals surface area contributed by atoms with Gasteiger partial charge >= 0.3 is 0 Å². The van der Waals surface area contributed by atoms with Crippen LogP contribution >= 0.6 is 0 Å². The summed E-state index contributed by atoms with van der Waals surface area (Å²) in [7, 11) is 0. The van der Waals surface area contributed by atoms with Crippen molar-refractivity contribution in [1.29, 1.82) is 0 Å². The van der Waals surface area contributed by atoms with Crippen LogP contribution in [0, 0.1) is 0 Å². The number of carbonyl (C=O) groups is 2. The van der Waals surface area contributed by atoms with Crippen LogP contribution in [0.5, 0.6) is 0 Å². The summed E-state index contributed by atoms with van der Waals surface area (Å²) in [6.07, 6.45) is 1.75. The maximum atomic E-state index is 11.2. The molecule has 160 valence electrons. The molecule has 0 fully saturated rings. The van der Waals surface area contributed by atoms with Crippen molar-refractivity contribution in [2.24, 2.45) is 0 Å². The van der Waals surface area contributed by atoms with Crippen molar-refractivity contribution in [1.82, 2.24) is 0 Å². The van der Waals surface area contributed by atoms with Crippen molar-refractivity contribution in [3.8, 4) is 22.3 Å². The van der Waals surface area contributed by atoms with Crippen molar-refractivity contribution >= 4 is 44.9 Å². The number of rotatable bonds is 4. The topological polar surface area (TPSA) is 34.1 Å². The zero-order valence-electron chi connectivity index (χ0n) is 18.4. The minimum atomic E-state index is 0.671. The van der Waals surface area contributed by atoms with E-state index in [0.717, 1.165) is 34.8 Å². The molecular weight excluding hydrogens is 416 g/mol. The Morgan fingerprint density at radius 3 is 1.09 bits per heavy atom. The Kier molecular flexibility index (Phi) is 4.78. The summed E-state index contributed by atoms with van der Waals surface area (Å²) in [4.78, 5) is 22.3. The van der Waals surface area contributed by atoms with Gasteiger partial charge in [0, 0.05) is 11.1 Å².